The van der Waals surface area contributed by atoms with E-state index >= 15 is 0 Å². The van der Waals surface area contributed by atoms with Crippen molar-refractivity contribution in [3.63, 3.8) is 0 Å². The molecule has 0 aliphatic carbocycles. The molecule has 1 unspecified atom stereocenters. The van der Waals surface area contributed by atoms with Gasteiger partial charge in [0.2, 0.25) is 0 Å². The van der Waals surface area contributed by atoms with E-state index in [1.807, 2.05) is 13.8 Å². The Hall–Kier alpha value is -4.13. The van der Waals surface area contributed by atoms with E-state index < -0.39 is 23.5 Å². The quantitative estimate of drug-likeness (QED) is 0.308. The van der Waals surface area contributed by atoms with Gasteiger partial charge in [-0.1, -0.05) is 12.1 Å². The first-order valence-corrected chi connectivity index (χ1v) is 10.8. The van der Waals surface area contributed by atoms with E-state index in [0.29, 0.717) is 28.3 Å². The second-order valence-electron chi connectivity index (χ2n) is 8.11. The molecule has 1 N–H and O–H groups in total. The Balaban J connectivity index is 1.85. The van der Waals surface area contributed by atoms with Crippen LogP contribution in [0, 0.1) is 5.82 Å². The highest BCUT2D eigenvalue weighted by Crippen LogP contribution is 2.42. The molecular weight excluding hydrogens is 437 g/mol. The summed E-state index contributed by atoms with van der Waals surface area (Å²) in [5, 5.41) is 11.2. The summed E-state index contributed by atoms with van der Waals surface area (Å²) in [5.74, 6) is -1.20. The van der Waals surface area contributed by atoms with E-state index in [1.165, 1.54) is 36.3 Å². The molecule has 7 heteroatoms. The third kappa shape index (κ3) is 4.37. The average Bonchev–Trinajstić information content (AvgIpc) is 3.10. The third-order valence-electron chi connectivity index (χ3n) is 5.48. The minimum Gasteiger partial charge on any atom is -0.507 e. The number of anilines is 1. The lowest BCUT2D eigenvalue weighted by Gasteiger charge is -2.25. The van der Waals surface area contributed by atoms with Crippen molar-refractivity contribution < 1.29 is 28.6 Å². The predicted octanol–water partition coefficient (Wildman–Crippen LogP) is 5.25. The first kappa shape index (κ1) is 23.0. The number of amides is 1. The van der Waals surface area contributed by atoms with Crippen molar-refractivity contribution in [2.45, 2.75) is 26.0 Å². The number of benzene rings is 3. The summed E-state index contributed by atoms with van der Waals surface area (Å²) >= 11 is 0. The number of carbonyl (C=O) groups excluding carboxylic acids is 2. The zero-order valence-electron chi connectivity index (χ0n) is 19.0. The normalized spacial score (nSPS) is 17.3. The molecule has 1 aliphatic rings. The molecule has 1 heterocycles. The van der Waals surface area contributed by atoms with Gasteiger partial charge in [0.25, 0.3) is 11.7 Å². The molecule has 1 fully saturated rings. The molecule has 0 radical (unpaired) electrons. The van der Waals surface area contributed by atoms with Crippen LogP contribution in [0.1, 0.15) is 31.0 Å². The summed E-state index contributed by atoms with van der Waals surface area (Å²) < 4.78 is 24.4. The van der Waals surface area contributed by atoms with Gasteiger partial charge in [0.15, 0.2) is 0 Å². The molecule has 1 aliphatic heterocycles. The topological polar surface area (TPSA) is 76.1 Å². The third-order valence-corrected chi connectivity index (χ3v) is 5.48. The number of hydrogen-bond acceptors (Lipinski definition) is 5. The summed E-state index contributed by atoms with van der Waals surface area (Å²) in [7, 11) is 1.53. The summed E-state index contributed by atoms with van der Waals surface area (Å²) in [6.07, 6.45) is -0.0180. The van der Waals surface area contributed by atoms with Crippen molar-refractivity contribution in [1.82, 2.24) is 0 Å². The van der Waals surface area contributed by atoms with Gasteiger partial charge in [0, 0.05) is 11.3 Å². The van der Waals surface area contributed by atoms with E-state index in [-0.39, 0.29) is 17.4 Å². The lowest BCUT2D eigenvalue weighted by Crippen LogP contribution is -2.29. The fourth-order valence-electron chi connectivity index (χ4n) is 3.92. The maximum Gasteiger partial charge on any atom is 0.300 e. The van der Waals surface area contributed by atoms with E-state index in [4.69, 9.17) is 9.47 Å². The van der Waals surface area contributed by atoms with Crippen LogP contribution in [-0.4, -0.2) is 30.0 Å². The number of nitrogens with zero attached hydrogens (tertiary/aromatic N) is 1. The van der Waals surface area contributed by atoms with Crippen LogP contribution in [0.25, 0.3) is 5.76 Å². The highest BCUT2D eigenvalue weighted by Gasteiger charge is 2.47. The van der Waals surface area contributed by atoms with Crippen molar-refractivity contribution in [2.75, 3.05) is 12.0 Å². The van der Waals surface area contributed by atoms with Gasteiger partial charge in [-0.3, -0.25) is 14.5 Å². The maximum atomic E-state index is 13.5. The van der Waals surface area contributed by atoms with Crippen molar-refractivity contribution in [2.24, 2.45) is 0 Å². The number of ether oxygens (including phenoxy) is 2. The Kier molecular flexibility index (Phi) is 6.36. The molecule has 174 valence electrons. The molecule has 0 aromatic heterocycles. The fourth-order valence-corrected chi connectivity index (χ4v) is 3.92. The summed E-state index contributed by atoms with van der Waals surface area (Å²) in [4.78, 5) is 27.5. The number of hydrogen-bond donors (Lipinski definition) is 1. The number of rotatable bonds is 6. The molecule has 6 nitrogen and oxygen atoms in total. The molecule has 0 spiro atoms. The summed E-state index contributed by atoms with van der Waals surface area (Å²) in [5.41, 5.74) is 1.23. The molecule has 1 saturated heterocycles. The number of aliphatic hydroxyl groups is 1. The lowest BCUT2D eigenvalue weighted by molar-refractivity contribution is -0.132. The molecular formula is C27H24FNO5. The smallest absolute Gasteiger partial charge is 0.300 e. The van der Waals surface area contributed by atoms with Crippen LogP contribution in [-0.2, 0) is 9.59 Å². The average molecular weight is 461 g/mol. The first-order valence-electron chi connectivity index (χ1n) is 10.8. The van der Waals surface area contributed by atoms with Crippen LogP contribution in [0.5, 0.6) is 11.5 Å². The lowest BCUT2D eigenvalue weighted by atomic mass is 9.95. The molecule has 1 amide bonds. The van der Waals surface area contributed by atoms with Crippen LogP contribution in [0.3, 0.4) is 0 Å². The number of ketones is 1. The van der Waals surface area contributed by atoms with E-state index in [0.717, 1.165) is 0 Å². The Labute approximate surface area is 196 Å². The van der Waals surface area contributed by atoms with Crippen molar-refractivity contribution >= 4 is 23.1 Å². The minimum atomic E-state index is -0.914. The van der Waals surface area contributed by atoms with Crippen molar-refractivity contribution in [3.05, 3.63) is 95.3 Å². The monoisotopic (exact) mass is 461 g/mol. The van der Waals surface area contributed by atoms with Gasteiger partial charge in [-0.2, -0.15) is 0 Å². The van der Waals surface area contributed by atoms with Gasteiger partial charge < -0.3 is 14.6 Å². The zero-order valence-corrected chi connectivity index (χ0v) is 19.0. The maximum absolute atomic E-state index is 13.5. The van der Waals surface area contributed by atoms with Gasteiger partial charge in [0.1, 0.15) is 23.1 Å². The number of aliphatic hydroxyl groups excluding tert-OH is 1. The molecule has 3 aromatic carbocycles. The van der Waals surface area contributed by atoms with Gasteiger partial charge in [-0.15, -0.1) is 0 Å². The summed E-state index contributed by atoms with van der Waals surface area (Å²) in [6.45, 7) is 3.80. The molecule has 0 bridgehead atoms. The Bertz CT molecular complexity index is 1230. The predicted molar refractivity (Wildman–Crippen MR) is 126 cm³/mol. The standard InChI is InChI=1S/C27H24FNO5/c1-16(2)34-22-14-6-18(7-15-22)25(30)23-24(17-4-12-21(33-3)13-5-17)29(27(32)26(23)31)20-10-8-19(28)9-11-20/h4-16,24,30H,1-3H3/b25-23+. The highest BCUT2D eigenvalue weighted by molar-refractivity contribution is 6.51. The molecule has 34 heavy (non-hydrogen) atoms. The second-order valence-corrected chi connectivity index (χ2v) is 8.11. The SMILES string of the molecule is COc1ccc(C2/C(=C(\O)c3ccc(OC(C)C)cc3)C(=O)C(=O)N2c2ccc(F)cc2)cc1. The fraction of sp³-hybridized carbons (Fsp3) is 0.185. The molecule has 0 saturated carbocycles. The van der Waals surface area contributed by atoms with Gasteiger partial charge >= 0.3 is 0 Å². The minimum absolute atomic E-state index is 0.0180. The first-order chi connectivity index (χ1) is 16.3. The molecule has 4 rings (SSSR count). The van der Waals surface area contributed by atoms with E-state index in [2.05, 4.69) is 0 Å². The van der Waals surface area contributed by atoms with Crippen LogP contribution < -0.4 is 14.4 Å². The Morgan fingerprint density at radius 3 is 2.06 bits per heavy atom. The number of Topliss-reactive ketones (excluding diaryl/α,β-unsaturated/α-hetero) is 1. The van der Waals surface area contributed by atoms with Gasteiger partial charge in [-0.25, -0.2) is 4.39 Å². The van der Waals surface area contributed by atoms with E-state index in [1.54, 1.807) is 48.5 Å². The van der Waals surface area contributed by atoms with Crippen LogP contribution >= 0.6 is 0 Å². The largest absolute Gasteiger partial charge is 0.507 e. The van der Waals surface area contributed by atoms with Crippen molar-refractivity contribution in [3.8, 4) is 11.5 Å². The van der Waals surface area contributed by atoms with Crippen molar-refractivity contribution in [1.29, 1.82) is 0 Å². The molecule has 3 aromatic rings. The number of halogens is 1. The second kappa shape index (κ2) is 9.39. The number of methoxy groups -OCH3 is 1. The van der Waals surface area contributed by atoms with Crippen LogP contribution in [0.4, 0.5) is 10.1 Å². The van der Waals surface area contributed by atoms with E-state index in [9.17, 15) is 19.1 Å². The van der Waals surface area contributed by atoms with Gasteiger partial charge in [-0.05, 0) is 80.1 Å². The molecule has 1 atom stereocenters. The Morgan fingerprint density at radius 2 is 1.50 bits per heavy atom. The van der Waals surface area contributed by atoms with Gasteiger partial charge in [0.05, 0.1) is 24.8 Å². The van der Waals surface area contributed by atoms with Crippen LogP contribution in [0.15, 0.2) is 78.4 Å². The van der Waals surface area contributed by atoms with Crippen LogP contribution in [0.2, 0.25) is 0 Å². The summed E-state index contributed by atoms with van der Waals surface area (Å²) in [6, 6.07) is 17.9. The Morgan fingerprint density at radius 1 is 0.912 bits per heavy atom. The highest BCUT2D eigenvalue weighted by atomic mass is 19.1. The number of carbonyl (C=O) groups is 2. The zero-order chi connectivity index (χ0) is 24.4.